The number of aromatic nitrogens is 3. The van der Waals surface area contributed by atoms with E-state index in [-0.39, 0.29) is 10.7 Å². The van der Waals surface area contributed by atoms with Crippen LogP contribution in [-0.4, -0.2) is 14.6 Å². The van der Waals surface area contributed by atoms with Gasteiger partial charge in [0, 0.05) is 6.20 Å². The lowest BCUT2D eigenvalue weighted by Crippen LogP contribution is -2.13. The zero-order chi connectivity index (χ0) is 11.2. The van der Waals surface area contributed by atoms with Gasteiger partial charge in [-0.2, -0.15) is 18.3 Å². The van der Waals surface area contributed by atoms with Gasteiger partial charge >= 0.3 is 11.9 Å². The molecule has 15 heavy (non-hydrogen) atoms. The molecule has 0 fully saturated rings. The molecule has 0 aliphatic heterocycles. The molecule has 0 saturated heterocycles. The number of nitrogens with one attached hydrogen (secondary N) is 1. The van der Waals surface area contributed by atoms with Crippen molar-refractivity contribution in [1.82, 2.24) is 14.6 Å². The number of rotatable bonds is 0. The number of alkyl halides is 3. The Kier molecular flexibility index (Phi) is 2.00. The van der Waals surface area contributed by atoms with Crippen molar-refractivity contribution in [1.29, 1.82) is 0 Å². The molecule has 0 saturated carbocycles. The number of hydrogen-bond donors (Lipinski definition) is 1. The molecule has 8 heteroatoms. The van der Waals surface area contributed by atoms with E-state index in [2.05, 4.69) is 5.10 Å². The molecule has 1 N–H and O–H groups in total. The number of hydrogen-bond acceptors (Lipinski definition) is 2. The van der Waals surface area contributed by atoms with Gasteiger partial charge in [0.1, 0.15) is 0 Å². The normalized spacial score (nSPS) is 12.3. The maximum atomic E-state index is 12.3. The molecule has 80 valence electrons. The van der Waals surface area contributed by atoms with Crippen LogP contribution in [0.5, 0.6) is 0 Å². The summed E-state index contributed by atoms with van der Waals surface area (Å²) in [7, 11) is 0. The van der Waals surface area contributed by atoms with E-state index in [0.29, 0.717) is 10.6 Å². The largest absolute Gasteiger partial charge is 0.417 e. The zero-order valence-corrected chi connectivity index (χ0v) is 7.73. The van der Waals surface area contributed by atoms with Crippen LogP contribution in [0, 0.1) is 0 Å². The summed E-state index contributed by atoms with van der Waals surface area (Å²) in [6, 6.07) is 0.719. The maximum absolute atomic E-state index is 12.3. The van der Waals surface area contributed by atoms with Crippen LogP contribution in [0.25, 0.3) is 5.65 Å². The molecule has 0 atom stereocenters. The number of fused-ring (bicyclic) bond motifs is 1. The number of halogens is 4. The first-order valence-corrected chi connectivity index (χ1v) is 4.11. The second kappa shape index (κ2) is 2.99. The summed E-state index contributed by atoms with van der Waals surface area (Å²) in [5, 5.41) is 5.24. The van der Waals surface area contributed by atoms with Crippen molar-refractivity contribution < 1.29 is 13.2 Å². The van der Waals surface area contributed by atoms with Crippen LogP contribution in [0.2, 0.25) is 5.02 Å². The van der Waals surface area contributed by atoms with E-state index < -0.39 is 17.4 Å². The standard InChI is InChI=1S/C7H3ClF3N3O/c8-4-1-3(7(9,10)11)2-14-5(4)12-13-6(14)15/h1-2H,(H,13,15). The minimum absolute atomic E-state index is 0.0327. The third kappa shape index (κ3) is 1.58. The lowest BCUT2D eigenvalue weighted by atomic mass is 10.3. The maximum Gasteiger partial charge on any atom is 0.417 e. The zero-order valence-electron chi connectivity index (χ0n) is 6.97. The molecule has 2 rings (SSSR count). The fraction of sp³-hybridized carbons (Fsp3) is 0.143. The Hall–Kier alpha value is -1.50. The van der Waals surface area contributed by atoms with E-state index in [9.17, 15) is 18.0 Å². The van der Waals surface area contributed by atoms with Crippen molar-refractivity contribution >= 4 is 17.2 Å². The van der Waals surface area contributed by atoms with Gasteiger partial charge in [0.2, 0.25) is 0 Å². The van der Waals surface area contributed by atoms with Gasteiger partial charge in [0.25, 0.3) is 0 Å². The van der Waals surface area contributed by atoms with Crippen molar-refractivity contribution in [3.8, 4) is 0 Å². The number of nitrogens with zero attached hydrogens (tertiary/aromatic N) is 2. The van der Waals surface area contributed by atoms with Gasteiger partial charge in [-0.3, -0.25) is 0 Å². The number of aromatic amines is 1. The van der Waals surface area contributed by atoms with Gasteiger partial charge < -0.3 is 0 Å². The third-order valence-electron chi connectivity index (χ3n) is 1.80. The van der Waals surface area contributed by atoms with Crippen LogP contribution in [0.1, 0.15) is 5.56 Å². The molecule has 0 amide bonds. The Morgan fingerprint density at radius 1 is 1.47 bits per heavy atom. The monoisotopic (exact) mass is 237 g/mol. The van der Waals surface area contributed by atoms with Gasteiger partial charge in [0.05, 0.1) is 10.6 Å². The Bertz CT molecular complexity index is 571. The van der Waals surface area contributed by atoms with Gasteiger partial charge in [-0.25, -0.2) is 14.3 Å². The average Bonchev–Trinajstić information content (AvgIpc) is 2.47. The summed E-state index contributed by atoms with van der Waals surface area (Å²) in [6.07, 6.45) is -3.90. The lowest BCUT2D eigenvalue weighted by Gasteiger charge is -2.06. The molecule has 0 bridgehead atoms. The SMILES string of the molecule is O=c1[nH]nc2c(Cl)cc(C(F)(F)F)cn12. The van der Waals surface area contributed by atoms with E-state index in [1.807, 2.05) is 5.10 Å². The van der Waals surface area contributed by atoms with E-state index in [1.165, 1.54) is 0 Å². The molecule has 0 unspecified atom stereocenters. The molecule has 0 radical (unpaired) electrons. The fourth-order valence-corrected chi connectivity index (χ4v) is 1.38. The Morgan fingerprint density at radius 2 is 2.13 bits per heavy atom. The van der Waals surface area contributed by atoms with Gasteiger partial charge in [-0.1, -0.05) is 11.6 Å². The first-order valence-electron chi connectivity index (χ1n) is 3.73. The van der Waals surface area contributed by atoms with Crippen LogP contribution in [-0.2, 0) is 6.18 Å². The Morgan fingerprint density at radius 3 is 2.73 bits per heavy atom. The predicted octanol–water partition coefficient (Wildman–Crippen LogP) is 1.69. The van der Waals surface area contributed by atoms with Crippen molar-refractivity contribution in [2.45, 2.75) is 6.18 Å². The molecule has 0 spiro atoms. The van der Waals surface area contributed by atoms with E-state index in [1.54, 1.807) is 0 Å². The van der Waals surface area contributed by atoms with Gasteiger partial charge in [-0.15, -0.1) is 0 Å². The lowest BCUT2D eigenvalue weighted by molar-refractivity contribution is -0.137. The Balaban J connectivity index is 2.82. The van der Waals surface area contributed by atoms with Crippen molar-refractivity contribution in [3.63, 3.8) is 0 Å². The molecule has 2 heterocycles. The summed E-state index contributed by atoms with van der Waals surface area (Å²) in [5.41, 5.74) is -1.80. The summed E-state index contributed by atoms with van der Waals surface area (Å²) < 4.78 is 37.7. The van der Waals surface area contributed by atoms with Crippen molar-refractivity contribution in [3.05, 3.63) is 33.3 Å². The molecule has 4 nitrogen and oxygen atoms in total. The molecular weight excluding hydrogens is 235 g/mol. The average molecular weight is 238 g/mol. The summed E-state index contributed by atoms with van der Waals surface area (Å²) >= 11 is 5.54. The summed E-state index contributed by atoms with van der Waals surface area (Å²) in [6.45, 7) is 0. The smallest absolute Gasteiger partial charge is 0.249 e. The Labute approximate surface area is 85.3 Å². The predicted molar refractivity (Wildman–Crippen MR) is 45.8 cm³/mol. The van der Waals surface area contributed by atoms with E-state index in [4.69, 9.17) is 11.6 Å². The highest BCUT2D eigenvalue weighted by molar-refractivity contribution is 6.33. The van der Waals surface area contributed by atoms with Crippen LogP contribution in [0.15, 0.2) is 17.1 Å². The van der Waals surface area contributed by atoms with Gasteiger partial charge in [-0.05, 0) is 6.07 Å². The molecule has 2 aromatic rings. The number of H-pyrrole nitrogens is 1. The third-order valence-corrected chi connectivity index (χ3v) is 2.07. The summed E-state index contributed by atoms with van der Waals surface area (Å²) in [4.78, 5) is 11.0. The molecule has 2 aromatic heterocycles. The molecule has 0 aromatic carbocycles. The van der Waals surface area contributed by atoms with Crippen LogP contribution < -0.4 is 5.69 Å². The van der Waals surface area contributed by atoms with Crippen molar-refractivity contribution in [2.24, 2.45) is 0 Å². The number of pyridine rings is 1. The molecule has 0 aliphatic carbocycles. The minimum Gasteiger partial charge on any atom is -0.249 e. The van der Waals surface area contributed by atoms with Crippen LogP contribution in [0.3, 0.4) is 0 Å². The first kappa shape index (κ1) is 10.0. The van der Waals surface area contributed by atoms with Gasteiger partial charge in [0.15, 0.2) is 5.65 Å². The highest BCUT2D eigenvalue weighted by Gasteiger charge is 2.32. The highest BCUT2D eigenvalue weighted by Crippen LogP contribution is 2.31. The quantitative estimate of drug-likeness (QED) is 0.758. The van der Waals surface area contributed by atoms with Crippen LogP contribution in [0.4, 0.5) is 13.2 Å². The molecule has 0 aliphatic rings. The second-order valence-corrected chi connectivity index (χ2v) is 3.20. The summed E-state index contributed by atoms with van der Waals surface area (Å²) in [5.74, 6) is 0. The highest BCUT2D eigenvalue weighted by atomic mass is 35.5. The minimum atomic E-state index is -4.55. The topological polar surface area (TPSA) is 50.2 Å². The first-order chi connectivity index (χ1) is 6.89. The van der Waals surface area contributed by atoms with Crippen LogP contribution >= 0.6 is 11.6 Å². The van der Waals surface area contributed by atoms with Crippen molar-refractivity contribution in [2.75, 3.05) is 0 Å². The van der Waals surface area contributed by atoms with E-state index >= 15 is 0 Å². The second-order valence-electron chi connectivity index (χ2n) is 2.80. The van der Waals surface area contributed by atoms with E-state index in [0.717, 1.165) is 6.07 Å². The fourth-order valence-electron chi connectivity index (χ4n) is 1.13. The molecular formula is C7H3ClF3N3O.